The Balaban J connectivity index is 2.01. The molecule has 0 spiro atoms. The molecule has 0 radical (unpaired) electrons. The Morgan fingerprint density at radius 1 is 1.45 bits per heavy atom. The van der Waals surface area contributed by atoms with Crippen LogP contribution in [0.5, 0.6) is 0 Å². The third kappa shape index (κ3) is 3.69. The maximum atomic E-state index is 11.9. The Morgan fingerprint density at radius 3 is 2.90 bits per heavy atom. The van der Waals surface area contributed by atoms with Crippen molar-refractivity contribution < 1.29 is 17.9 Å². The predicted octanol–water partition coefficient (Wildman–Crippen LogP) is 1.07. The van der Waals surface area contributed by atoms with Gasteiger partial charge >= 0.3 is 5.97 Å². The van der Waals surface area contributed by atoms with Crippen LogP contribution in [-0.4, -0.2) is 44.0 Å². The number of hydrogen-bond acceptors (Lipinski definition) is 5. The lowest BCUT2D eigenvalue weighted by Crippen LogP contribution is -2.37. The first-order valence-corrected chi connectivity index (χ1v) is 8.14. The van der Waals surface area contributed by atoms with Gasteiger partial charge in [-0.3, -0.25) is 0 Å². The summed E-state index contributed by atoms with van der Waals surface area (Å²) < 4.78 is 31.5. The molecule has 0 aliphatic carbocycles. The van der Waals surface area contributed by atoms with Gasteiger partial charge in [0.25, 0.3) is 10.0 Å². The molecule has 0 aromatic heterocycles. The molecule has 0 atom stereocenters. The Morgan fingerprint density at radius 2 is 2.20 bits per heavy atom. The van der Waals surface area contributed by atoms with E-state index in [4.69, 9.17) is 4.74 Å². The lowest BCUT2D eigenvalue weighted by Gasteiger charge is -2.26. The number of carbonyl (C=O) groups is 1. The number of esters is 1. The van der Waals surface area contributed by atoms with Crippen molar-refractivity contribution in [3.05, 3.63) is 23.9 Å². The van der Waals surface area contributed by atoms with Gasteiger partial charge in [0.2, 0.25) is 0 Å². The SMILES string of the molecule is CC(C)CCOC(=O)C1=CN2CCS(=O)(=O)N=C2C=C1. The molecule has 2 heterocycles. The average Bonchev–Trinajstić information content (AvgIpc) is 2.36. The smallest absolute Gasteiger partial charge is 0.339 e. The normalized spacial score (nSPS) is 20.2. The molecule has 0 aromatic rings. The fourth-order valence-electron chi connectivity index (χ4n) is 1.79. The minimum absolute atomic E-state index is 0.0451. The van der Waals surface area contributed by atoms with E-state index in [1.54, 1.807) is 11.1 Å². The number of ether oxygens (including phenoxy) is 1. The first kappa shape index (κ1) is 14.8. The van der Waals surface area contributed by atoms with Crippen LogP contribution in [0.25, 0.3) is 0 Å². The Hall–Kier alpha value is -1.63. The van der Waals surface area contributed by atoms with E-state index < -0.39 is 16.0 Å². The maximum Gasteiger partial charge on any atom is 0.339 e. The highest BCUT2D eigenvalue weighted by molar-refractivity contribution is 7.90. The summed E-state index contributed by atoms with van der Waals surface area (Å²) in [6.07, 6.45) is 5.46. The quantitative estimate of drug-likeness (QED) is 0.726. The number of rotatable bonds is 4. The van der Waals surface area contributed by atoms with Gasteiger partial charge in [-0.2, -0.15) is 0 Å². The summed E-state index contributed by atoms with van der Waals surface area (Å²) in [4.78, 5) is 13.5. The van der Waals surface area contributed by atoms with E-state index in [1.807, 2.05) is 0 Å². The van der Waals surface area contributed by atoms with Crippen molar-refractivity contribution in [3.63, 3.8) is 0 Å². The summed E-state index contributed by atoms with van der Waals surface area (Å²) in [5, 5.41) is 0. The summed E-state index contributed by atoms with van der Waals surface area (Å²) in [5.74, 6) is 0.380. The van der Waals surface area contributed by atoms with Crippen LogP contribution in [0.4, 0.5) is 0 Å². The first-order valence-electron chi connectivity index (χ1n) is 6.54. The summed E-state index contributed by atoms with van der Waals surface area (Å²) in [6.45, 7) is 4.81. The van der Waals surface area contributed by atoms with Gasteiger partial charge in [-0.15, -0.1) is 4.40 Å². The average molecular weight is 298 g/mol. The van der Waals surface area contributed by atoms with E-state index in [-0.39, 0.29) is 5.75 Å². The van der Waals surface area contributed by atoms with Crippen LogP contribution in [0.2, 0.25) is 0 Å². The van der Waals surface area contributed by atoms with Crippen LogP contribution < -0.4 is 0 Å². The van der Waals surface area contributed by atoms with Crippen molar-refractivity contribution >= 4 is 21.8 Å². The van der Waals surface area contributed by atoms with E-state index in [0.29, 0.717) is 30.5 Å². The molecule has 7 heteroatoms. The van der Waals surface area contributed by atoms with Crippen LogP contribution in [0.1, 0.15) is 20.3 Å². The lowest BCUT2D eigenvalue weighted by atomic mass is 10.1. The molecule has 0 fully saturated rings. The second kappa shape index (κ2) is 5.78. The zero-order valence-electron chi connectivity index (χ0n) is 11.6. The molecule has 2 rings (SSSR count). The maximum absolute atomic E-state index is 11.9. The van der Waals surface area contributed by atoms with Gasteiger partial charge in [-0.25, -0.2) is 13.2 Å². The molecule has 0 saturated carbocycles. The molecule has 20 heavy (non-hydrogen) atoms. The molecule has 110 valence electrons. The number of amidine groups is 1. The first-order chi connectivity index (χ1) is 9.37. The van der Waals surface area contributed by atoms with Crippen LogP contribution in [0, 0.1) is 5.92 Å². The second-order valence-corrected chi connectivity index (χ2v) is 6.92. The Bertz CT molecular complexity index is 587. The van der Waals surface area contributed by atoms with Gasteiger partial charge in [-0.05, 0) is 24.5 Å². The van der Waals surface area contributed by atoms with Crippen molar-refractivity contribution in [2.45, 2.75) is 20.3 Å². The van der Waals surface area contributed by atoms with E-state index in [9.17, 15) is 13.2 Å². The van der Waals surface area contributed by atoms with Crippen molar-refractivity contribution in [2.24, 2.45) is 10.3 Å². The Labute approximate surface area is 118 Å². The summed E-state index contributed by atoms with van der Waals surface area (Å²) >= 11 is 0. The van der Waals surface area contributed by atoms with Gasteiger partial charge in [-0.1, -0.05) is 13.8 Å². The highest BCUT2D eigenvalue weighted by Gasteiger charge is 2.25. The molecule has 2 aliphatic heterocycles. The molecule has 0 amide bonds. The topological polar surface area (TPSA) is 76.0 Å². The molecule has 0 N–H and O–H groups in total. The molecular weight excluding hydrogens is 280 g/mol. The van der Waals surface area contributed by atoms with E-state index >= 15 is 0 Å². The standard InChI is InChI=1S/C13H18N2O4S/c1-10(2)5-7-19-13(16)11-3-4-12-14-20(17,18)8-6-15(12)9-11/h3-4,9-10H,5-8H2,1-2H3. The van der Waals surface area contributed by atoms with Crippen LogP contribution in [0.3, 0.4) is 0 Å². The summed E-state index contributed by atoms with van der Waals surface area (Å²) in [6, 6.07) is 0. The third-order valence-electron chi connectivity index (χ3n) is 2.99. The molecule has 2 aliphatic rings. The van der Waals surface area contributed by atoms with Crippen LogP contribution >= 0.6 is 0 Å². The van der Waals surface area contributed by atoms with Crippen LogP contribution in [0.15, 0.2) is 28.3 Å². The third-order valence-corrected chi connectivity index (χ3v) is 4.15. The van der Waals surface area contributed by atoms with E-state index in [1.165, 1.54) is 12.2 Å². The zero-order chi connectivity index (χ0) is 14.8. The second-order valence-electron chi connectivity index (χ2n) is 5.17. The van der Waals surface area contributed by atoms with Crippen molar-refractivity contribution in [3.8, 4) is 0 Å². The van der Waals surface area contributed by atoms with Gasteiger partial charge in [0.15, 0.2) is 0 Å². The number of fused-ring (bicyclic) bond motifs is 1. The van der Waals surface area contributed by atoms with Gasteiger partial charge in [0.05, 0.1) is 17.9 Å². The lowest BCUT2D eigenvalue weighted by molar-refractivity contribution is -0.139. The highest BCUT2D eigenvalue weighted by atomic mass is 32.2. The van der Waals surface area contributed by atoms with Gasteiger partial charge < -0.3 is 9.64 Å². The van der Waals surface area contributed by atoms with E-state index in [0.717, 1.165) is 6.42 Å². The molecule has 0 aromatic carbocycles. The van der Waals surface area contributed by atoms with E-state index in [2.05, 4.69) is 18.2 Å². The number of nitrogens with zero attached hydrogens (tertiary/aromatic N) is 2. The number of carbonyl (C=O) groups excluding carboxylic acids is 1. The van der Waals surface area contributed by atoms with Crippen molar-refractivity contribution in [1.82, 2.24) is 4.90 Å². The molecule has 0 saturated heterocycles. The largest absolute Gasteiger partial charge is 0.462 e. The van der Waals surface area contributed by atoms with Crippen LogP contribution in [-0.2, 0) is 19.6 Å². The fourth-order valence-corrected chi connectivity index (χ4v) is 2.76. The molecular formula is C13H18N2O4S. The number of sulfonamides is 1. The molecule has 0 unspecified atom stereocenters. The van der Waals surface area contributed by atoms with Gasteiger partial charge in [0, 0.05) is 12.7 Å². The molecule has 6 nitrogen and oxygen atoms in total. The predicted molar refractivity (Wildman–Crippen MR) is 75.6 cm³/mol. The van der Waals surface area contributed by atoms with Crippen molar-refractivity contribution in [2.75, 3.05) is 18.9 Å². The summed E-state index contributed by atoms with van der Waals surface area (Å²) in [7, 11) is -3.36. The number of hydrogen-bond donors (Lipinski definition) is 0. The minimum Gasteiger partial charge on any atom is -0.462 e. The highest BCUT2D eigenvalue weighted by Crippen LogP contribution is 2.16. The monoisotopic (exact) mass is 298 g/mol. The van der Waals surface area contributed by atoms with Gasteiger partial charge in [0.1, 0.15) is 5.84 Å². The zero-order valence-corrected chi connectivity index (χ0v) is 12.4. The minimum atomic E-state index is -3.36. The van der Waals surface area contributed by atoms with Crippen molar-refractivity contribution in [1.29, 1.82) is 0 Å². The fraction of sp³-hybridized carbons (Fsp3) is 0.538. The Kier molecular flexibility index (Phi) is 4.27. The molecule has 0 bridgehead atoms. The summed E-state index contributed by atoms with van der Waals surface area (Å²) in [5.41, 5.74) is 0.409.